The molecule has 1 rings (SSSR count). The molecule has 78 valence electrons. The molecule has 0 amide bonds. The van der Waals surface area contributed by atoms with E-state index in [4.69, 9.17) is 5.11 Å². The Morgan fingerprint density at radius 3 is 2.14 bits per heavy atom. The minimum atomic E-state index is 0.348. The van der Waals surface area contributed by atoms with Crippen LogP contribution in [0.2, 0.25) is 0 Å². The predicted molar refractivity (Wildman–Crippen MR) is 59.3 cm³/mol. The third kappa shape index (κ3) is 4.28. The van der Waals surface area contributed by atoms with Gasteiger partial charge in [0.25, 0.3) is 0 Å². The Balaban J connectivity index is 2.35. The number of benzene rings is 1. The summed E-state index contributed by atoms with van der Waals surface area (Å²) in [7, 11) is 6.62. The van der Waals surface area contributed by atoms with E-state index in [1.54, 1.807) is 12.1 Å². The third-order valence-electron chi connectivity index (χ3n) is 2.23. The van der Waals surface area contributed by atoms with Crippen molar-refractivity contribution >= 4 is 0 Å². The fourth-order valence-electron chi connectivity index (χ4n) is 1.42. The first-order valence-corrected chi connectivity index (χ1v) is 5.06. The number of aromatic hydroxyl groups is 1. The van der Waals surface area contributed by atoms with E-state index in [0.29, 0.717) is 5.75 Å². The molecule has 14 heavy (non-hydrogen) atoms. The molecule has 0 aliphatic carbocycles. The molecule has 0 radical (unpaired) electrons. The summed E-state index contributed by atoms with van der Waals surface area (Å²) in [5.41, 5.74) is 1.30. The topological polar surface area (TPSA) is 20.2 Å². The van der Waals surface area contributed by atoms with Gasteiger partial charge < -0.3 is 9.59 Å². The van der Waals surface area contributed by atoms with Crippen LogP contribution in [0.25, 0.3) is 0 Å². The van der Waals surface area contributed by atoms with Gasteiger partial charge in [-0.3, -0.25) is 0 Å². The summed E-state index contributed by atoms with van der Waals surface area (Å²) in [6.07, 6.45) is 2.28. The van der Waals surface area contributed by atoms with Crippen molar-refractivity contribution in [1.29, 1.82) is 0 Å². The highest BCUT2D eigenvalue weighted by atomic mass is 16.3. The fourth-order valence-corrected chi connectivity index (χ4v) is 1.42. The van der Waals surface area contributed by atoms with Crippen LogP contribution in [0.5, 0.6) is 5.75 Å². The number of quaternary nitrogens is 1. The lowest BCUT2D eigenvalue weighted by Crippen LogP contribution is -2.35. The first-order valence-electron chi connectivity index (χ1n) is 5.06. The third-order valence-corrected chi connectivity index (χ3v) is 2.23. The highest BCUT2D eigenvalue weighted by Gasteiger charge is 2.05. The van der Waals surface area contributed by atoms with E-state index in [-0.39, 0.29) is 0 Å². The number of rotatable bonds is 4. The number of aryl methyl sites for hydroxylation is 1. The van der Waals surface area contributed by atoms with Gasteiger partial charge in [-0.15, -0.1) is 0 Å². The van der Waals surface area contributed by atoms with Crippen LogP contribution >= 0.6 is 0 Å². The predicted octanol–water partition coefficient (Wildman–Crippen LogP) is 2.03. The lowest BCUT2D eigenvalue weighted by molar-refractivity contribution is -0.870. The number of phenols is 1. The van der Waals surface area contributed by atoms with Gasteiger partial charge in [0.05, 0.1) is 27.7 Å². The molecular weight excluding hydrogens is 174 g/mol. The van der Waals surface area contributed by atoms with E-state index in [1.165, 1.54) is 18.5 Å². The summed E-state index contributed by atoms with van der Waals surface area (Å²) >= 11 is 0. The highest BCUT2D eigenvalue weighted by Crippen LogP contribution is 2.11. The first-order chi connectivity index (χ1) is 6.47. The summed E-state index contributed by atoms with van der Waals surface area (Å²) in [4.78, 5) is 0. The maximum atomic E-state index is 9.11. The van der Waals surface area contributed by atoms with Crippen LogP contribution < -0.4 is 0 Å². The maximum absolute atomic E-state index is 9.11. The molecule has 1 aromatic rings. The van der Waals surface area contributed by atoms with Crippen LogP contribution in [0.4, 0.5) is 0 Å². The van der Waals surface area contributed by atoms with Crippen LogP contribution in [0.1, 0.15) is 12.0 Å². The van der Waals surface area contributed by atoms with Crippen LogP contribution in [0.15, 0.2) is 24.3 Å². The molecule has 0 heterocycles. The summed E-state index contributed by atoms with van der Waals surface area (Å²) < 4.78 is 1.01. The van der Waals surface area contributed by atoms with Crippen LogP contribution in [-0.4, -0.2) is 37.3 Å². The monoisotopic (exact) mass is 194 g/mol. The molecule has 0 fully saturated rings. The lowest BCUT2D eigenvalue weighted by atomic mass is 10.1. The molecule has 0 saturated heterocycles. The summed E-state index contributed by atoms with van der Waals surface area (Å²) in [5.74, 6) is 0.348. The average Bonchev–Trinajstić information content (AvgIpc) is 2.06. The standard InChI is InChI=1S/C12H19NO/c1-13(2,3)10-4-5-11-6-8-12(14)9-7-11/h6-9H,4-5,10H2,1-3H3/p+1. The van der Waals surface area contributed by atoms with Crippen molar-refractivity contribution in [3.63, 3.8) is 0 Å². The van der Waals surface area contributed by atoms with Gasteiger partial charge in [-0.1, -0.05) is 12.1 Å². The molecule has 2 heteroatoms. The second-order valence-electron chi connectivity index (χ2n) is 4.78. The van der Waals surface area contributed by atoms with E-state index in [2.05, 4.69) is 21.1 Å². The van der Waals surface area contributed by atoms with Gasteiger partial charge in [0.15, 0.2) is 0 Å². The van der Waals surface area contributed by atoms with Crippen molar-refractivity contribution in [2.75, 3.05) is 27.7 Å². The normalized spacial score (nSPS) is 11.6. The van der Waals surface area contributed by atoms with E-state index in [0.717, 1.165) is 10.9 Å². The Kier molecular flexibility index (Phi) is 3.53. The zero-order valence-electron chi connectivity index (χ0n) is 9.33. The fraction of sp³-hybridized carbons (Fsp3) is 0.500. The molecule has 0 aliphatic rings. The lowest BCUT2D eigenvalue weighted by Gasteiger charge is -2.23. The smallest absolute Gasteiger partial charge is 0.115 e. The second-order valence-corrected chi connectivity index (χ2v) is 4.78. The molecule has 0 atom stereocenters. The van der Waals surface area contributed by atoms with Crippen molar-refractivity contribution in [3.05, 3.63) is 29.8 Å². The van der Waals surface area contributed by atoms with Gasteiger partial charge in [0.2, 0.25) is 0 Å². The van der Waals surface area contributed by atoms with Gasteiger partial charge in [-0.2, -0.15) is 0 Å². The van der Waals surface area contributed by atoms with Crippen LogP contribution in [0, 0.1) is 0 Å². The van der Waals surface area contributed by atoms with Gasteiger partial charge in [0, 0.05) is 6.42 Å². The van der Waals surface area contributed by atoms with Crippen molar-refractivity contribution < 1.29 is 9.59 Å². The largest absolute Gasteiger partial charge is 0.508 e. The molecule has 1 N–H and O–H groups in total. The Bertz CT molecular complexity index is 271. The number of nitrogens with zero attached hydrogens (tertiary/aromatic N) is 1. The highest BCUT2D eigenvalue weighted by molar-refractivity contribution is 5.25. The number of phenolic OH excluding ortho intramolecular Hbond substituents is 1. The van der Waals surface area contributed by atoms with Crippen molar-refractivity contribution in [2.45, 2.75) is 12.8 Å². The van der Waals surface area contributed by atoms with E-state index in [1.807, 2.05) is 12.1 Å². The molecule has 0 spiro atoms. The Hall–Kier alpha value is -1.02. The molecule has 0 aliphatic heterocycles. The number of hydrogen-bond acceptors (Lipinski definition) is 1. The second kappa shape index (κ2) is 4.47. The summed E-state index contributed by atoms with van der Waals surface area (Å²) in [6, 6.07) is 7.48. The first kappa shape index (κ1) is 11.1. The van der Waals surface area contributed by atoms with E-state index in [9.17, 15) is 0 Å². The van der Waals surface area contributed by atoms with Gasteiger partial charge in [-0.05, 0) is 24.1 Å². The summed E-state index contributed by atoms with van der Waals surface area (Å²) in [6.45, 7) is 1.18. The average molecular weight is 194 g/mol. The van der Waals surface area contributed by atoms with E-state index >= 15 is 0 Å². The van der Waals surface area contributed by atoms with Crippen LogP contribution in [-0.2, 0) is 6.42 Å². The van der Waals surface area contributed by atoms with E-state index < -0.39 is 0 Å². The zero-order chi connectivity index (χ0) is 10.6. The zero-order valence-corrected chi connectivity index (χ0v) is 9.33. The van der Waals surface area contributed by atoms with Gasteiger partial charge in [0.1, 0.15) is 5.75 Å². The molecular formula is C12H20NO+. The Labute approximate surface area is 86.4 Å². The molecule has 0 bridgehead atoms. The van der Waals surface area contributed by atoms with Crippen LogP contribution in [0.3, 0.4) is 0 Å². The Morgan fingerprint density at radius 1 is 1.07 bits per heavy atom. The van der Waals surface area contributed by atoms with Gasteiger partial charge >= 0.3 is 0 Å². The maximum Gasteiger partial charge on any atom is 0.115 e. The molecule has 0 saturated carbocycles. The molecule has 0 aromatic heterocycles. The molecule has 1 aromatic carbocycles. The quantitative estimate of drug-likeness (QED) is 0.727. The minimum absolute atomic E-state index is 0.348. The summed E-state index contributed by atoms with van der Waals surface area (Å²) in [5, 5.41) is 9.11. The molecule has 0 unspecified atom stereocenters. The minimum Gasteiger partial charge on any atom is -0.508 e. The molecule has 2 nitrogen and oxygen atoms in total. The van der Waals surface area contributed by atoms with Gasteiger partial charge in [-0.25, -0.2) is 0 Å². The number of hydrogen-bond donors (Lipinski definition) is 1. The Morgan fingerprint density at radius 2 is 1.64 bits per heavy atom. The SMILES string of the molecule is C[N+](C)(C)CCCc1ccc(O)cc1. The van der Waals surface area contributed by atoms with Crippen molar-refractivity contribution in [2.24, 2.45) is 0 Å². The van der Waals surface area contributed by atoms with Crippen molar-refractivity contribution in [1.82, 2.24) is 0 Å². The van der Waals surface area contributed by atoms with Crippen molar-refractivity contribution in [3.8, 4) is 5.75 Å².